The molecule has 29 heavy (non-hydrogen) atoms. The van der Waals surface area contributed by atoms with E-state index >= 15 is 0 Å². The van der Waals surface area contributed by atoms with Crippen molar-refractivity contribution >= 4 is 18.0 Å². The van der Waals surface area contributed by atoms with Crippen LogP contribution in [0, 0.1) is 13.8 Å². The van der Waals surface area contributed by atoms with Gasteiger partial charge in [-0.2, -0.15) is 18.3 Å². The van der Waals surface area contributed by atoms with Gasteiger partial charge in [-0.25, -0.2) is 5.43 Å². The fourth-order valence-electron chi connectivity index (χ4n) is 2.81. The quantitative estimate of drug-likeness (QED) is 0.464. The van der Waals surface area contributed by atoms with Crippen molar-refractivity contribution in [3.8, 4) is 5.69 Å². The molecule has 0 radical (unpaired) electrons. The summed E-state index contributed by atoms with van der Waals surface area (Å²) in [4.78, 5) is 23.5. The number of halogens is 3. The number of hydrogen-bond donors (Lipinski definition) is 2. The van der Waals surface area contributed by atoms with Gasteiger partial charge in [0.2, 0.25) is 0 Å². The maximum absolute atomic E-state index is 13.4. The predicted molar refractivity (Wildman–Crippen MR) is 104 cm³/mol. The van der Waals surface area contributed by atoms with Gasteiger partial charge < -0.3 is 9.88 Å². The highest BCUT2D eigenvalue weighted by molar-refractivity contribution is 6.35. The van der Waals surface area contributed by atoms with Gasteiger partial charge in [-0.3, -0.25) is 9.59 Å². The topological polar surface area (TPSA) is 75.5 Å². The average molecular weight is 408 g/mol. The first-order valence-electron chi connectivity index (χ1n) is 8.82. The van der Waals surface area contributed by atoms with E-state index in [4.69, 9.17) is 0 Å². The van der Waals surface area contributed by atoms with Crippen molar-refractivity contribution in [2.75, 3.05) is 0 Å². The number of rotatable bonds is 3. The van der Waals surface area contributed by atoms with E-state index in [1.165, 1.54) is 29.0 Å². The average Bonchev–Trinajstić information content (AvgIpc) is 2.86. The largest absolute Gasteiger partial charge is 0.418 e. The number of nitrogens with one attached hydrogen (secondary N) is 2. The number of amides is 2. The summed E-state index contributed by atoms with van der Waals surface area (Å²) in [6.45, 7) is 8.52. The summed E-state index contributed by atoms with van der Waals surface area (Å²) in [6.07, 6.45) is -3.21. The van der Waals surface area contributed by atoms with Crippen molar-refractivity contribution in [1.82, 2.24) is 15.3 Å². The van der Waals surface area contributed by atoms with E-state index in [1.54, 1.807) is 40.7 Å². The van der Waals surface area contributed by atoms with Gasteiger partial charge in [0.25, 0.3) is 0 Å². The van der Waals surface area contributed by atoms with Crippen LogP contribution < -0.4 is 10.7 Å². The van der Waals surface area contributed by atoms with Crippen LogP contribution in [0.2, 0.25) is 0 Å². The van der Waals surface area contributed by atoms with Crippen LogP contribution in [0.15, 0.2) is 35.4 Å². The molecule has 2 aromatic rings. The van der Waals surface area contributed by atoms with Crippen LogP contribution in [-0.2, 0) is 15.8 Å². The number of aryl methyl sites for hydroxylation is 1. The van der Waals surface area contributed by atoms with Gasteiger partial charge >= 0.3 is 18.0 Å². The van der Waals surface area contributed by atoms with E-state index in [-0.39, 0.29) is 5.69 Å². The van der Waals surface area contributed by atoms with E-state index in [2.05, 4.69) is 15.8 Å². The van der Waals surface area contributed by atoms with Gasteiger partial charge in [-0.15, -0.1) is 0 Å². The Hall–Kier alpha value is -3.10. The van der Waals surface area contributed by atoms with Crippen LogP contribution in [0.25, 0.3) is 5.69 Å². The molecule has 1 heterocycles. The number of alkyl halides is 3. The Morgan fingerprint density at radius 2 is 1.69 bits per heavy atom. The summed E-state index contributed by atoms with van der Waals surface area (Å²) in [5.74, 6) is -1.77. The molecule has 2 amide bonds. The third-order valence-corrected chi connectivity index (χ3v) is 3.99. The number of nitrogens with zero attached hydrogens (tertiary/aromatic N) is 2. The molecule has 2 rings (SSSR count). The molecule has 0 saturated heterocycles. The lowest BCUT2D eigenvalue weighted by Crippen LogP contribution is -2.47. The van der Waals surface area contributed by atoms with Crippen molar-refractivity contribution in [3.63, 3.8) is 0 Å². The predicted octanol–water partition coefficient (Wildman–Crippen LogP) is 3.48. The normalized spacial score (nSPS) is 12.3. The van der Waals surface area contributed by atoms with Crippen LogP contribution in [0.4, 0.5) is 13.2 Å². The van der Waals surface area contributed by atoms with Gasteiger partial charge in [-0.05, 0) is 52.8 Å². The highest BCUT2D eigenvalue weighted by Crippen LogP contribution is 2.35. The first-order chi connectivity index (χ1) is 13.3. The third-order valence-electron chi connectivity index (χ3n) is 3.99. The molecule has 156 valence electrons. The number of hydrazone groups is 1. The zero-order chi connectivity index (χ0) is 22.0. The molecule has 0 aliphatic heterocycles. The third kappa shape index (κ3) is 5.46. The monoisotopic (exact) mass is 408 g/mol. The van der Waals surface area contributed by atoms with E-state index in [0.717, 1.165) is 6.07 Å². The molecule has 0 atom stereocenters. The fraction of sp³-hybridized carbons (Fsp3) is 0.350. The van der Waals surface area contributed by atoms with E-state index in [9.17, 15) is 22.8 Å². The van der Waals surface area contributed by atoms with Crippen LogP contribution in [0.3, 0.4) is 0 Å². The highest BCUT2D eigenvalue weighted by atomic mass is 19.4. The maximum Gasteiger partial charge on any atom is 0.418 e. The van der Waals surface area contributed by atoms with Crippen LogP contribution in [0.1, 0.15) is 43.3 Å². The summed E-state index contributed by atoms with van der Waals surface area (Å²) in [5.41, 5.74) is 2.38. The molecule has 6 nitrogen and oxygen atoms in total. The molecule has 0 unspecified atom stereocenters. The Morgan fingerprint density at radius 1 is 1.07 bits per heavy atom. The van der Waals surface area contributed by atoms with Crippen molar-refractivity contribution in [2.45, 2.75) is 46.3 Å². The van der Waals surface area contributed by atoms with Gasteiger partial charge in [0.05, 0.1) is 17.5 Å². The highest BCUT2D eigenvalue weighted by Gasteiger charge is 2.34. The molecule has 0 fully saturated rings. The Bertz CT molecular complexity index is 954. The molecule has 1 aromatic heterocycles. The van der Waals surface area contributed by atoms with Crippen LogP contribution in [-0.4, -0.2) is 28.1 Å². The van der Waals surface area contributed by atoms with Crippen molar-refractivity contribution in [3.05, 3.63) is 52.8 Å². The standard InChI is InChI=1S/C20H23F3N4O2/c1-12-10-14(11-24-26-18(29)17(28)25-19(3,4)5)13(2)27(12)16-9-7-6-8-15(16)20(21,22)23/h6-11H,1-5H3,(H,25,28)(H,26,29)/b24-11+. The van der Waals surface area contributed by atoms with Crippen LogP contribution in [0.5, 0.6) is 0 Å². The lowest BCUT2D eigenvalue weighted by atomic mass is 10.1. The lowest BCUT2D eigenvalue weighted by Gasteiger charge is -2.19. The number of carbonyl (C=O) groups excluding carboxylic acids is 2. The number of aromatic nitrogens is 1. The van der Waals surface area contributed by atoms with Crippen molar-refractivity contribution in [2.24, 2.45) is 5.10 Å². The molecular formula is C20H23F3N4O2. The smallest absolute Gasteiger partial charge is 0.343 e. The molecule has 0 aliphatic carbocycles. The minimum absolute atomic E-state index is 0.00300. The Kier molecular flexibility index (Phi) is 6.20. The summed E-state index contributed by atoms with van der Waals surface area (Å²) in [5, 5.41) is 6.25. The van der Waals surface area contributed by atoms with Gasteiger partial charge in [0, 0.05) is 22.5 Å². The summed E-state index contributed by atoms with van der Waals surface area (Å²) < 4.78 is 41.6. The second kappa shape index (κ2) is 8.10. The summed E-state index contributed by atoms with van der Waals surface area (Å²) in [6, 6.07) is 6.93. The molecule has 0 aliphatic rings. The van der Waals surface area contributed by atoms with Crippen LogP contribution >= 0.6 is 0 Å². The number of carbonyl (C=O) groups is 2. The second-order valence-electron chi connectivity index (χ2n) is 7.58. The minimum Gasteiger partial charge on any atom is -0.343 e. The molecule has 9 heteroatoms. The Morgan fingerprint density at radius 3 is 2.28 bits per heavy atom. The zero-order valence-electron chi connectivity index (χ0n) is 16.8. The fourth-order valence-corrected chi connectivity index (χ4v) is 2.81. The Labute approximate surface area is 166 Å². The molecule has 0 spiro atoms. The van der Waals surface area contributed by atoms with E-state index in [1.807, 2.05) is 0 Å². The number of para-hydroxylation sites is 1. The number of benzene rings is 1. The minimum atomic E-state index is -4.50. The van der Waals surface area contributed by atoms with Crippen molar-refractivity contribution in [1.29, 1.82) is 0 Å². The Balaban J connectivity index is 2.27. The van der Waals surface area contributed by atoms with Crippen molar-refractivity contribution < 1.29 is 22.8 Å². The maximum atomic E-state index is 13.4. The molecule has 2 N–H and O–H groups in total. The molecule has 0 bridgehead atoms. The first-order valence-corrected chi connectivity index (χ1v) is 8.82. The SMILES string of the molecule is Cc1cc(/C=N/NC(=O)C(=O)NC(C)(C)C)c(C)n1-c1ccccc1C(F)(F)F. The summed E-state index contributed by atoms with van der Waals surface area (Å²) >= 11 is 0. The first kappa shape index (κ1) is 22.2. The van der Waals surface area contributed by atoms with Gasteiger partial charge in [0.1, 0.15) is 0 Å². The second-order valence-corrected chi connectivity index (χ2v) is 7.58. The van der Waals surface area contributed by atoms with E-state index < -0.39 is 29.1 Å². The van der Waals surface area contributed by atoms with Gasteiger partial charge in [0.15, 0.2) is 0 Å². The lowest BCUT2D eigenvalue weighted by molar-refractivity contribution is -0.140. The molecule has 1 aromatic carbocycles. The van der Waals surface area contributed by atoms with Gasteiger partial charge in [-0.1, -0.05) is 12.1 Å². The van der Waals surface area contributed by atoms with E-state index in [0.29, 0.717) is 17.0 Å². The zero-order valence-corrected chi connectivity index (χ0v) is 16.8. The molecule has 0 saturated carbocycles. The summed E-state index contributed by atoms with van der Waals surface area (Å²) in [7, 11) is 0. The number of hydrogen-bond acceptors (Lipinski definition) is 3. The molecular weight excluding hydrogens is 385 g/mol.